The summed E-state index contributed by atoms with van der Waals surface area (Å²) in [6.07, 6.45) is 1.05. The van der Waals surface area contributed by atoms with Crippen LogP contribution < -0.4 is 11.1 Å². The van der Waals surface area contributed by atoms with Crippen LogP contribution in [-0.2, 0) is 4.74 Å². The van der Waals surface area contributed by atoms with Crippen molar-refractivity contribution in [3.63, 3.8) is 0 Å². The first-order chi connectivity index (χ1) is 8.16. The van der Waals surface area contributed by atoms with E-state index < -0.39 is 0 Å². The Morgan fingerprint density at radius 2 is 2.12 bits per heavy atom. The number of nitrogens with two attached hydrogens (primary N) is 1. The van der Waals surface area contributed by atoms with Crippen molar-refractivity contribution in [2.75, 3.05) is 18.5 Å². The average molecular weight is 250 g/mol. The van der Waals surface area contributed by atoms with Crippen LogP contribution in [0.1, 0.15) is 18.9 Å². The maximum absolute atomic E-state index is 5.56. The van der Waals surface area contributed by atoms with E-state index in [0.29, 0.717) is 16.9 Å². The summed E-state index contributed by atoms with van der Waals surface area (Å²) in [5.41, 5.74) is 7.59. The molecule has 0 aliphatic carbocycles. The number of hydrogen-bond donors (Lipinski definition) is 2. The van der Waals surface area contributed by atoms with Crippen molar-refractivity contribution in [2.24, 2.45) is 11.7 Å². The normalized spacial score (nSPS) is 24.3. The van der Waals surface area contributed by atoms with Crippen molar-refractivity contribution in [1.29, 1.82) is 0 Å². The van der Waals surface area contributed by atoms with Crippen LogP contribution >= 0.6 is 12.2 Å². The number of ether oxygens (including phenoxy) is 1. The lowest BCUT2D eigenvalue weighted by Crippen LogP contribution is -2.35. The van der Waals surface area contributed by atoms with Crippen LogP contribution in [0.2, 0.25) is 0 Å². The Morgan fingerprint density at radius 1 is 1.41 bits per heavy atom. The molecule has 1 aliphatic rings. The van der Waals surface area contributed by atoms with Gasteiger partial charge in [0.1, 0.15) is 4.99 Å². The first-order valence-corrected chi connectivity index (χ1v) is 6.32. The molecule has 17 heavy (non-hydrogen) atoms. The zero-order chi connectivity index (χ0) is 12.3. The van der Waals surface area contributed by atoms with Crippen molar-refractivity contribution in [1.82, 2.24) is 0 Å². The molecule has 2 atom stereocenters. The minimum Gasteiger partial charge on any atom is -0.389 e. The number of benzene rings is 1. The molecule has 2 rings (SSSR count). The first-order valence-electron chi connectivity index (χ1n) is 5.91. The van der Waals surface area contributed by atoms with Gasteiger partial charge in [0.15, 0.2) is 0 Å². The summed E-state index contributed by atoms with van der Waals surface area (Å²) in [4.78, 5) is 0.441. The highest BCUT2D eigenvalue weighted by atomic mass is 32.1. The third-order valence-electron chi connectivity index (χ3n) is 3.16. The minimum absolute atomic E-state index is 0.441. The molecule has 0 radical (unpaired) electrons. The number of anilines is 1. The van der Waals surface area contributed by atoms with E-state index in [4.69, 9.17) is 22.7 Å². The number of nitrogens with one attached hydrogen (secondary N) is 1. The van der Waals surface area contributed by atoms with Gasteiger partial charge >= 0.3 is 0 Å². The molecule has 2 unspecified atom stereocenters. The van der Waals surface area contributed by atoms with Crippen LogP contribution in [0.15, 0.2) is 24.3 Å². The quantitative estimate of drug-likeness (QED) is 0.807. The molecule has 3 N–H and O–H groups in total. The van der Waals surface area contributed by atoms with Gasteiger partial charge in [-0.2, -0.15) is 0 Å². The average Bonchev–Trinajstić information content (AvgIpc) is 2.33. The second kappa shape index (κ2) is 5.47. The van der Waals surface area contributed by atoms with E-state index in [1.165, 1.54) is 0 Å². The molecule has 4 heteroatoms. The summed E-state index contributed by atoms with van der Waals surface area (Å²) < 4.78 is 5.43. The fourth-order valence-electron chi connectivity index (χ4n) is 2.04. The van der Waals surface area contributed by atoms with E-state index in [9.17, 15) is 0 Å². The highest BCUT2D eigenvalue weighted by Crippen LogP contribution is 2.19. The highest BCUT2D eigenvalue weighted by molar-refractivity contribution is 7.80. The Hall–Kier alpha value is -1.13. The van der Waals surface area contributed by atoms with Crippen molar-refractivity contribution >= 4 is 22.9 Å². The smallest absolute Gasteiger partial charge is 0.103 e. The third-order valence-corrected chi connectivity index (χ3v) is 3.40. The van der Waals surface area contributed by atoms with Crippen LogP contribution in [0.4, 0.5) is 5.69 Å². The third kappa shape index (κ3) is 3.17. The lowest BCUT2D eigenvalue weighted by molar-refractivity contribution is 0.0538. The largest absolute Gasteiger partial charge is 0.389 e. The van der Waals surface area contributed by atoms with Crippen molar-refractivity contribution in [2.45, 2.75) is 19.4 Å². The van der Waals surface area contributed by atoms with E-state index >= 15 is 0 Å². The summed E-state index contributed by atoms with van der Waals surface area (Å²) in [5, 5.41) is 3.53. The van der Waals surface area contributed by atoms with E-state index in [2.05, 4.69) is 12.2 Å². The van der Waals surface area contributed by atoms with Gasteiger partial charge in [-0.3, -0.25) is 0 Å². The van der Waals surface area contributed by atoms with Crippen LogP contribution in [0.3, 0.4) is 0 Å². The number of rotatable bonds is 3. The molecule has 1 fully saturated rings. The molecule has 1 aromatic carbocycles. The predicted molar refractivity (Wildman–Crippen MR) is 74.3 cm³/mol. The Morgan fingerprint density at radius 3 is 2.71 bits per heavy atom. The van der Waals surface area contributed by atoms with Crippen LogP contribution in [0.5, 0.6) is 0 Å². The van der Waals surface area contributed by atoms with Crippen molar-refractivity contribution < 1.29 is 4.74 Å². The second-order valence-electron chi connectivity index (χ2n) is 4.53. The molecular weight excluding hydrogens is 232 g/mol. The summed E-state index contributed by atoms with van der Waals surface area (Å²) in [6.45, 7) is 3.88. The molecule has 1 saturated heterocycles. The lowest BCUT2D eigenvalue weighted by Gasteiger charge is -2.30. The molecule has 1 heterocycles. The van der Waals surface area contributed by atoms with Gasteiger partial charge in [-0.25, -0.2) is 0 Å². The van der Waals surface area contributed by atoms with Gasteiger partial charge in [-0.15, -0.1) is 0 Å². The van der Waals surface area contributed by atoms with Gasteiger partial charge in [-0.1, -0.05) is 19.1 Å². The zero-order valence-electron chi connectivity index (χ0n) is 9.98. The summed E-state index contributed by atoms with van der Waals surface area (Å²) in [6, 6.07) is 8.44. The van der Waals surface area contributed by atoms with Crippen molar-refractivity contribution in [3.05, 3.63) is 29.8 Å². The lowest BCUT2D eigenvalue weighted by atomic mass is 9.97. The van der Waals surface area contributed by atoms with E-state index in [1.54, 1.807) is 0 Å². The van der Waals surface area contributed by atoms with E-state index in [0.717, 1.165) is 30.9 Å². The molecule has 0 aromatic heterocycles. The van der Waals surface area contributed by atoms with Crippen LogP contribution in [0.25, 0.3) is 0 Å². The molecule has 92 valence electrons. The molecule has 0 spiro atoms. The summed E-state index contributed by atoms with van der Waals surface area (Å²) in [7, 11) is 0. The van der Waals surface area contributed by atoms with Crippen LogP contribution in [0, 0.1) is 5.92 Å². The molecule has 0 saturated carbocycles. The standard InChI is InChI=1S/C13H18N2OS/c1-9-8-16-7-6-12(9)15-11-4-2-10(3-5-11)13(14)17/h2-5,9,12,15H,6-8H2,1H3,(H2,14,17). The molecule has 3 nitrogen and oxygen atoms in total. The minimum atomic E-state index is 0.441. The van der Waals surface area contributed by atoms with Gasteiger partial charge in [0.25, 0.3) is 0 Å². The molecule has 1 aliphatic heterocycles. The van der Waals surface area contributed by atoms with E-state index in [-0.39, 0.29) is 0 Å². The van der Waals surface area contributed by atoms with Gasteiger partial charge in [0.2, 0.25) is 0 Å². The van der Waals surface area contributed by atoms with Gasteiger partial charge in [0, 0.05) is 23.9 Å². The van der Waals surface area contributed by atoms with Gasteiger partial charge in [0.05, 0.1) is 6.61 Å². The van der Waals surface area contributed by atoms with Gasteiger partial charge < -0.3 is 15.8 Å². The summed E-state index contributed by atoms with van der Waals surface area (Å²) >= 11 is 4.93. The van der Waals surface area contributed by atoms with Crippen molar-refractivity contribution in [3.8, 4) is 0 Å². The van der Waals surface area contributed by atoms with Gasteiger partial charge in [-0.05, 0) is 36.6 Å². The second-order valence-corrected chi connectivity index (χ2v) is 4.97. The number of thiocarbonyl (C=S) groups is 1. The first kappa shape index (κ1) is 12.3. The highest BCUT2D eigenvalue weighted by Gasteiger charge is 2.21. The maximum Gasteiger partial charge on any atom is 0.103 e. The Labute approximate surface area is 107 Å². The van der Waals surface area contributed by atoms with Crippen LogP contribution in [-0.4, -0.2) is 24.2 Å². The molecular formula is C13H18N2OS. The predicted octanol–water partition coefficient (Wildman–Crippen LogP) is 2.16. The molecule has 0 amide bonds. The fourth-order valence-corrected chi connectivity index (χ4v) is 2.18. The fraction of sp³-hybridized carbons (Fsp3) is 0.462. The summed E-state index contributed by atoms with van der Waals surface area (Å²) in [5.74, 6) is 0.541. The monoisotopic (exact) mass is 250 g/mol. The Balaban J connectivity index is 2.00. The zero-order valence-corrected chi connectivity index (χ0v) is 10.8. The Bertz CT molecular complexity index is 391. The Kier molecular flexibility index (Phi) is 3.97. The number of hydrogen-bond acceptors (Lipinski definition) is 3. The SMILES string of the molecule is CC1COCCC1Nc1ccc(C(N)=S)cc1. The maximum atomic E-state index is 5.56. The van der Waals surface area contributed by atoms with E-state index in [1.807, 2.05) is 24.3 Å². The molecule has 1 aromatic rings. The topological polar surface area (TPSA) is 47.3 Å². The molecule has 0 bridgehead atoms.